The Bertz CT molecular complexity index is 325. The quantitative estimate of drug-likeness (QED) is 0.476. The second-order valence-corrected chi connectivity index (χ2v) is 3.51. The number of aromatic nitrogens is 2. The van der Waals surface area contributed by atoms with Gasteiger partial charge in [0.25, 0.3) is 0 Å². The van der Waals surface area contributed by atoms with E-state index in [0.717, 1.165) is 18.8 Å². The zero-order valence-electron chi connectivity index (χ0n) is 9.77. The van der Waals surface area contributed by atoms with Crippen molar-refractivity contribution in [2.24, 2.45) is 5.84 Å². The van der Waals surface area contributed by atoms with Gasteiger partial charge in [-0.25, -0.2) is 15.8 Å². The van der Waals surface area contributed by atoms with Gasteiger partial charge >= 0.3 is 0 Å². The Morgan fingerprint density at radius 3 is 2.75 bits per heavy atom. The Labute approximate surface area is 95.5 Å². The molecule has 0 aromatic carbocycles. The molecule has 16 heavy (non-hydrogen) atoms. The first-order valence-corrected chi connectivity index (χ1v) is 5.39. The van der Waals surface area contributed by atoms with E-state index in [0.29, 0.717) is 18.2 Å². The second kappa shape index (κ2) is 6.24. The molecule has 0 aliphatic rings. The minimum Gasteiger partial charge on any atom is -0.395 e. The highest BCUT2D eigenvalue weighted by molar-refractivity contribution is 5.48. The molecule has 0 saturated heterocycles. The largest absolute Gasteiger partial charge is 0.395 e. The number of nitrogens with two attached hydrogens (primary N) is 1. The molecule has 90 valence electrons. The normalized spacial score (nSPS) is 10.2. The van der Waals surface area contributed by atoms with E-state index in [1.807, 2.05) is 11.8 Å². The van der Waals surface area contributed by atoms with Crippen LogP contribution >= 0.6 is 0 Å². The van der Waals surface area contributed by atoms with Gasteiger partial charge in [0, 0.05) is 19.2 Å². The number of hydrogen-bond acceptors (Lipinski definition) is 6. The zero-order valence-corrected chi connectivity index (χ0v) is 9.77. The van der Waals surface area contributed by atoms with Crippen LogP contribution in [-0.4, -0.2) is 34.8 Å². The summed E-state index contributed by atoms with van der Waals surface area (Å²) in [4.78, 5) is 10.5. The molecule has 0 aliphatic carbocycles. The summed E-state index contributed by atoms with van der Waals surface area (Å²) < 4.78 is 0. The number of nitrogens with one attached hydrogen (secondary N) is 1. The van der Waals surface area contributed by atoms with E-state index in [9.17, 15) is 0 Å². The molecule has 0 amide bonds. The molecule has 6 nitrogen and oxygen atoms in total. The van der Waals surface area contributed by atoms with Crippen LogP contribution in [0.1, 0.15) is 19.2 Å². The highest BCUT2D eigenvalue weighted by atomic mass is 16.3. The molecule has 0 atom stereocenters. The molecule has 4 N–H and O–H groups in total. The molecule has 0 radical (unpaired) electrons. The van der Waals surface area contributed by atoms with Crippen molar-refractivity contribution in [2.75, 3.05) is 30.0 Å². The van der Waals surface area contributed by atoms with E-state index in [1.165, 1.54) is 0 Å². The number of aliphatic hydroxyl groups is 1. The third-order valence-corrected chi connectivity index (χ3v) is 2.16. The van der Waals surface area contributed by atoms with Gasteiger partial charge in [0.15, 0.2) is 0 Å². The van der Waals surface area contributed by atoms with Gasteiger partial charge in [-0.3, -0.25) is 0 Å². The van der Waals surface area contributed by atoms with Crippen molar-refractivity contribution in [3.63, 3.8) is 0 Å². The maximum Gasteiger partial charge on any atom is 0.145 e. The lowest BCUT2D eigenvalue weighted by Gasteiger charge is -2.22. The zero-order chi connectivity index (χ0) is 12.0. The third-order valence-electron chi connectivity index (χ3n) is 2.16. The van der Waals surface area contributed by atoms with Crippen molar-refractivity contribution >= 4 is 11.6 Å². The van der Waals surface area contributed by atoms with Crippen molar-refractivity contribution in [3.05, 3.63) is 11.9 Å². The summed E-state index contributed by atoms with van der Waals surface area (Å²) in [7, 11) is 0. The molecule has 0 fully saturated rings. The van der Waals surface area contributed by atoms with Crippen LogP contribution in [0.15, 0.2) is 6.07 Å². The van der Waals surface area contributed by atoms with Crippen LogP contribution in [0, 0.1) is 6.92 Å². The minimum absolute atomic E-state index is 0.106. The highest BCUT2D eigenvalue weighted by Gasteiger charge is 2.08. The third kappa shape index (κ3) is 3.32. The Morgan fingerprint density at radius 1 is 1.44 bits per heavy atom. The highest BCUT2D eigenvalue weighted by Crippen LogP contribution is 2.15. The summed E-state index contributed by atoms with van der Waals surface area (Å²) in [5.74, 6) is 7.36. The molecule has 0 bridgehead atoms. The molecule has 0 saturated carbocycles. The Kier molecular flexibility index (Phi) is 4.94. The SMILES string of the molecule is CCCN(CCO)c1cc(NN)nc(C)n1. The average Bonchev–Trinajstić information content (AvgIpc) is 2.28. The smallest absolute Gasteiger partial charge is 0.145 e. The summed E-state index contributed by atoms with van der Waals surface area (Å²) >= 11 is 0. The predicted octanol–water partition coefficient (Wildman–Crippen LogP) is 0.279. The van der Waals surface area contributed by atoms with Crippen LogP contribution in [0.2, 0.25) is 0 Å². The van der Waals surface area contributed by atoms with Gasteiger partial charge in [0.2, 0.25) is 0 Å². The molecule has 0 spiro atoms. The van der Waals surface area contributed by atoms with Gasteiger partial charge in [-0.15, -0.1) is 0 Å². The fourth-order valence-electron chi connectivity index (χ4n) is 1.52. The van der Waals surface area contributed by atoms with E-state index in [-0.39, 0.29) is 6.61 Å². The summed E-state index contributed by atoms with van der Waals surface area (Å²) in [6, 6.07) is 1.78. The molecule has 1 aromatic heterocycles. The monoisotopic (exact) mass is 225 g/mol. The van der Waals surface area contributed by atoms with Gasteiger partial charge in [0.05, 0.1) is 6.61 Å². The second-order valence-electron chi connectivity index (χ2n) is 3.51. The van der Waals surface area contributed by atoms with Crippen LogP contribution in [0.3, 0.4) is 0 Å². The van der Waals surface area contributed by atoms with Gasteiger partial charge in [-0.1, -0.05) is 6.92 Å². The number of aliphatic hydroxyl groups excluding tert-OH is 1. The van der Waals surface area contributed by atoms with Crippen molar-refractivity contribution in [2.45, 2.75) is 20.3 Å². The van der Waals surface area contributed by atoms with Crippen molar-refractivity contribution in [1.29, 1.82) is 0 Å². The number of aryl methyl sites for hydroxylation is 1. The number of nitrogen functional groups attached to an aromatic ring is 1. The lowest BCUT2D eigenvalue weighted by Crippen LogP contribution is -2.28. The maximum absolute atomic E-state index is 9.00. The minimum atomic E-state index is 0.106. The topological polar surface area (TPSA) is 87.3 Å². The number of nitrogens with zero attached hydrogens (tertiary/aromatic N) is 3. The molecule has 1 aromatic rings. The number of anilines is 2. The molecule has 0 unspecified atom stereocenters. The van der Waals surface area contributed by atoms with Crippen LogP contribution in [0.4, 0.5) is 11.6 Å². The molecule has 1 rings (SSSR count). The number of rotatable bonds is 6. The van der Waals surface area contributed by atoms with Crippen molar-refractivity contribution in [1.82, 2.24) is 9.97 Å². The lowest BCUT2D eigenvalue weighted by molar-refractivity contribution is 0.301. The molecular formula is C10H19N5O. The summed E-state index contributed by atoms with van der Waals surface area (Å²) in [6.45, 7) is 5.41. The predicted molar refractivity (Wildman–Crippen MR) is 64.2 cm³/mol. The molecule has 0 aliphatic heterocycles. The van der Waals surface area contributed by atoms with Crippen molar-refractivity contribution in [3.8, 4) is 0 Å². The van der Waals surface area contributed by atoms with E-state index < -0.39 is 0 Å². The van der Waals surface area contributed by atoms with E-state index in [1.54, 1.807) is 6.07 Å². The Balaban J connectivity index is 2.93. The van der Waals surface area contributed by atoms with Crippen LogP contribution in [0.25, 0.3) is 0 Å². The van der Waals surface area contributed by atoms with Gasteiger partial charge < -0.3 is 15.4 Å². The molecule has 6 heteroatoms. The number of hydrogen-bond donors (Lipinski definition) is 3. The van der Waals surface area contributed by atoms with E-state index in [4.69, 9.17) is 10.9 Å². The van der Waals surface area contributed by atoms with Gasteiger partial charge in [-0.05, 0) is 13.3 Å². The van der Waals surface area contributed by atoms with E-state index in [2.05, 4.69) is 22.3 Å². The van der Waals surface area contributed by atoms with Crippen LogP contribution < -0.4 is 16.2 Å². The lowest BCUT2D eigenvalue weighted by atomic mass is 10.3. The first kappa shape index (κ1) is 12.7. The molecular weight excluding hydrogens is 206 g/mol. The summed E-state index contributed by atoms with van der Waals surface area (Å²) in [5, 5.41) is 9.00. The first-order valence-electron chi connectivity index (χ1n) is 5.39. The summed E-state index contributed by atoms with van der Waals surface area (Å²) in [5.41, 5.74) is 2.51. The Morgan fingerprint density at radius 2 is 2.19 bits per heavy atom. The standard InChI is InChI=1S/C10H19N5O/c1-3-4-15(5-6-16)10-7-9(14-11)12-8(2)13-10/h7,16H,3-6,11H2,1-2H3,(H,12,13,14). The van der Waals surface area contributed by atoms with Gasteiger partial charge in [0.1, 0.15) is 17.5 Å². The summed E-state index contributed by atoms with van der Waals surface area (Å²) in [6.07, 6.45) is 0.994. The van der Waals surface area contributed by atoms with Crippen molar-refractivity contribution < 1.29 is 5.11 Å². The molecule has 1 heterocycles. The van der Waals surface area contributed by atoms with Crippen LogP contribution in [0.5, 0.6) is 0 Å². The fourth-order valence-corrected chi connectivity index (χ4v) is 1.52. The van der Waals surface area contributed by atoms with Crippen LogP contribution in [-0.2, 0) is 0 Å². The first-order chi connectivity index (χ1) is 7.71. The maximum atomic E-state index is 9.00. The fraction of sp³-hybridized carbons (Fsp3) is 0.600. The Hall–Kier alpha value is -1.40. The van der Waals surface area contributed by atoms with E-state index >= 15 is 0 Å². The number of hydrazine groups is 1. The van der Waals surface area contributed by atoms with Gasteiger partial charge in [-0.2, -0.15) is 0 Å². The average molecular weight is 225 g/mol.